The molecule has 0 bridgehead atoms. The number of hydrogen-bond acceptors (Lipinski definition) is 4. The van der Waals surface area contributed by atoms with E-state index in [0.29, 0.717) is 11.3 Å². The van der Waals surface area contributed by atoms with Crippen LogP contribution in [0.2, 0.25) is 5.02 Å². The molecule has 0 aliphatic rings. The lowest BCUT2D eigenvalue weighted by Crippen LogP contribution is -2.34. The Hall–Kier alpha value is -2.71. The number of nitro benzene ring substituents is 1. The Morgan fingerprint density at radius 2 is 2.00 bits per heavy atom. The Labute approximate surface area is 175 Å². The fourth-order valence-corrected chi connectivity index (χ4v) is 2.98. The summed E-state index contributed by atoms with van der Waals surface area (Å²) in [6.45, 7) is 1.72. The van der Waals surface area contributed by atoms with E-state index in [0.717, 1.165) is 10.0 Å². The third kappa shape index (κ3) is 5.90. The highest BCUT2D eigenvalue weighted by Gasteiger charge is 2.14. The highest BCUT2D eigenvalue weighted by molar-refractivity contribution is 9.10. The molecule has 0 saturated heterocycles. The van der Waals surface area contributed by atoms with Gasteiger partial charge in [-0.05, 0) is 48.4 Å². The molecule has 28 heavy (non-hydrogen) atoms. The fourth-order valence-electron chi connectivity index (χ4n) is 2.32. The molecule has 2 amide bonds. The maximum absolute atomic E-state index is 12.2. The van der Waals surface area contributed by atoms with Crippen LogP contribution in [0.15, 0.2) is 46.9 Å². The maximum Gasteiger partial charge on any atom is 0.288 e. The quantitative estimate of drug-likeness (QED) is 0.387. The van der Waals surface area contributed by atoms with Crippen molar-refractivity contribution in [3.05, 3.63) is 73.2 Å². The zero-order valence-electron chi connectivity index (χ0n) is 15.1. The molecular weight excluding hydrogens is 450 g/mol. The van der Waals surface area contributed by atoms with E-state index in [1.165, 1.54) is 36.2 Å². The molecular formula is C19H17BrClN3O4. The van der Waals surface area contributed by atoms with Crippen molar-refractivity contribution in [2.45, 2.75) is 6.92 Å². The smallest absolute Gasteiger partial charge is 0.288 e. The number of benzene rings is 2. The van der Waals surface area contributed by atoms with Gasteiger partial charge in [0.05, 0.1) is 11.5 Å². The number of halogens is 2. The van der Waals surface area contributed by atoms with E-state index in [1.807, 2.05) is 19.1 Å². The van der Waals surface area contributed by atoms with Crippen LogP contribution in [0, 0.1) is 17.0 Å². The standard InChI is InChI=1S/C19H17BrClN3O4/c1-12-9-14(20)5-7-16(12)22-18(25)11-23(2)19(26)8-4-13-3-6-15(21)17(10-13)24(27)28/h3-10H,11H2,1-2H3,(H,22,25)/b8-4+. The molecule has 0 atom stereocenters. The van der Waals surface area contributed by atoms with Crippen molar-refractivity contribution in [2.75, 3.05) is 18.9 Å². The van der Waals surface area contributed by atoms with Crippen LogP contribution < -0.4 is 5.32 Å². The average Bonchev–Trinajstić information content (AvgIpc) is 2.62. The van der Waals surface area contributed by atoms with Gasteiger partial charge in [-0.1, -0.05) is 33.6 Å². The van der Waals surface area contributed by atoms with E-state index in [-0.39, 0.29) is 23.2 Å². The number of likely N-dealkylation sites (N-methyl/N-ethyl adjacent to an activating group) is 1. The molecule has 0 radical (unpaired) electrons. The average molecular weight is 467 g/mol. The van der Waals surface area contributed by atoms with E-state index in [2.05, 4.69) is 21.2 Å². The maximum atomic E-state index is 12.2. The van der Waals surface area contributed by atoms with Crippen molar-refractivity contribution in [3.8, 4) is 0 Å². The molecule has 2 aromatic carbocycles. The number of rotatable bonds is 6. The third-order valence-electron chi connectivity index (χ3n) is 3.80. The van der Waals surface area contributed by atoms with Gasteiger partial charge in [-0.15, -0.1) is 0 Å². The number of nitro groups is 1. The van der Waals surface area contributed by atoms with E-state index < -0.39 is 10.8 Å². The molecule has 0 fully saturated rings. The van der Waals surface area contributed by atoms with Crippen LogP contribution >= 0.6 is 27.5 Å². The van der Waals surface area contributed by atoms with E-state index >= 15 is 0 Å². The zero-order valence-corrected chi connectivity index (χ0v) is 17.5. The molecule has 0 aliphatic heterocycles. The van der Waals surface area contributed by atoms with Crippen LogP contribution in [-0.4, -0.2) is 35.2 Å². The second kappa shape index (κ2) is 9.48. The van der Waals surface area contributed by atoms with Gasteiger partial charge in [0.15, 0.2) is 0 Å². The number of nitrogens with one attached hydrogen (secondary N) is 1. The summed E-state index contributed by atoms with van der Waals surface area (Å²) < 4.78 is 0.905. The lowest BCUT2D eigenvalue weighted by Gasteiger charge is -2.15. The summed E-state index contributed by atoms with van der Waals surface area (Å²) in [5.74, 6) is -0.753. The summed E-state index contributed by atoms with van der Waals surface area (Å²) in [6, 6.07) is 9.68. The topological polar surface area (TPSA) is 92.6 Å². The van der Waals surface area contributed by atoms with Gasteiger partial charge in [0, 0.05) is 29.4 Å². The largest absolute Gasteiger partial charge is 0.333 e. The summed E-state index contributed by atoms with van der Waals surface area (Å²) in [5.41, 5.74) is 1.76. The van der Waals surface area contributed by atoms with Crippen molar-refractivity contribution in [3.63, 3.8) is 0 Å². The van der Waals surface area contributed by atoms with Crippen molar-refractivity contribution in [1.82, 2.24) is 4.90 Å². The van der Waals surface area contributed by atoms with Gasteiger partial charge in [0.2, 0.25) is 11.8 Å². The molecule has 2 aromatic rings. The summed E-state index contributed by atoms with van der Waals surface area (Å²) in [5, 5.41) is 13.7. The second-order valence-electron chi connectivity index (χ2n) is 6.00. The summed E-state index contributed by atoms with van der Waals surface area (Å²) in [6.07, 6.45) is 2.67. The minimum atomic E-state index is -0.595. The minimum Gasteiger partial charge on any atom is -0.333 e. The Balaban J connectivity index is 1.98. The number of nitrogens with zero attached hydrogens (tertiary/aromatic N) is 2. The second-order valence-corrected chi connectivity index (χ2v) is 7.33. The van der Waals surface area contributed by atoms with Gasteiger partial charge in [0.1, 0.15) is 5.02 Å². The van der Waals surface area contributed by atoms with Crippen LogP contribution in [0.1, 0.15) is 11.1 Å². The number of hydrogen-bond donors (Lipinski definition) is 1. The van der Waals surface area contributed by atoms with Gasteiger partial charge < -0.3 is 10.2 Å². The zero-order chi connectivity index (χ0) is 20.8. The van der Waals surface area contributed by atoms with Crippen molar-refractivity contribution < 1.29 is 14.5 Å². The number of anilines is 1. The van der Waals surface area contributed by atoms with Gasteiger partial charge >= 0.3 is 0 Å². The van der Waals surface area contributed by atoms with E-state index in [4.69, 9.17) is 11.6 Å². The van der Waals surface area contributed by atoms with Crippen LogP contribution in [-0.2, 0) is 9.59 Å². The van der Waals surface area contributed by atoms with Crippen LogP contribution in [0.3, 0.4) is 0 Å². The first-order valence-corrected chi connectivity index (χ1v) is 9.27. The van der Waals surface area contributed by atoms with E-state index in [1.54, 1.807) is 12.1 Å². The Bertz CT molecular complexity index is 962. The summed E-state index contributed by atoms with van der Waals surface area (Å²) in [7, 11) is 1.49. The SMILES string of the molecule is Cc1cc(Br)ccc1NC(=O)CN(C)C(=O)/C=C/c1ccc(Cl)c([N+](=O)[O-])c1. The normalized spacial score (nSPS) is 10.7. The van der Waals surface area contributed by atoms with Gasteiger partial charge in [-0.2, -0.15) is 0 Å². The van der Waals surface area contributed by atoms with Crippen LogP contribution in [0.4, 0.5) is 11.4 Å². The van der Waals surface area contributed by atoms with Gasteiger partial charge in [-0.25, -0.2) is 0 Å². The molecule has 0 saturated carbocycles. The van der Waals surface area contributed by atoms with E-state index in [9.17, 15) is 19.7 Å². The molecule has 0 aliphatic carbocycles. The lowest BCUT2D eigenvalue weighted by molar-refractivity contribution is -0.384. The van der Waals surface area contributed by atoms with Crippen LogP contribution in [0.5, 0.6) is 0 Å². The van der Waals surface area contributed by atoms with Crippen molar-refractivity contribution in [2.24, 2.45) is 0 Å². The minimum absolute atomic E-state index is 0.0190. The number of amides is 2. The third-order valence-corrected chi connectivity index (χ3v) is 4.62. The highest BCUT2D eigenvalue weighted by atomic mass is 79.9. The predicted octanol–water partition coefficient (Wildman–Crippen LogP) is 4.43. The molecule has 1 N–H and O–H groups in total. The van der Waals surface area contributed by atoms with Crippen molar-refractivity contribution in [1.29, 1.82) is 0 Å². The van der Waals surface area contributed by atoms with Crippen molar-refractivity contribution >= 4 is 56.8 Å². The Morgan fingerprint density at radius 3 is 2.64 bits per heavy atom. The molecule has 0 unspecified atom stereocenters. The molecule has 0 aromatic heterocycles. The molecule has 0 spiro atoms. The number of aryl methyl sites for hydroxylation is 1. The summed E-state index contributed by atoms with van der Waals surface area (Å²) in [4.78, 5) is 35.9. The van der Waals surface area contributed by atoms with Gasteiger partial charge in [-0.3, -0.25) is 19.7 Å². The fraction of sp³-hybridized carbons (Fsp3) is 0.158. The Kier molecular flexibility index (Phi) is 7.31. The molecule has 0 heterocycles. The first-order chi connectivity index (χ1) is 13.2. The predicted molar refractivity (Wildman–Crippen MR) is 112 cm³/mol. The lowest BCUT2D eigenvalue weighted by atomic mass is 10.2. The Morgan fingerprint density at radius 1 is 1.29 bits per heavy atom. The van der Waals surface area contributed by atoms with Gasteiger partial charge in [0.25, 0.3) is 5.69 Å². The first kappa shape index (κ1) is 21.6. The molecule has 9 heteroatoms. The highest BCUT2D eigenvalue weighted by Crippen LogP contribution is 2.25. The first-order valence-electron chi connectivity index (χ1n) is 8.10. The number of carbonyl (C=O) groups excluding carboxylic acids is 2. The summed E-state index contributed by atoms with van der Waals surface area (Å²) >= 11 is 9.12. The number of carbonyl (C=O) groups is 2. The molecule has 2 rings (SSSR count). The monoisotopic (exact) mass is 465 g/mol. The van der Waals surface area contributed by atoms with Crippen LogP contribution in [0.25, 0.3) is 6.08 Å². The molecule has 7 nitrogen and oxygen atoms in total. The molecule has 146 valence electrons.